The minimum Gasteiger partial charge on any atom is -0.466 e. The molecule has 2 aromatic heterocycles. The van der Waals surface area contributed by atoms with Crippen molar-refractivity contribution in [2.24, 2.45) is 11.8 Å². The van der Waals surface area contributed by atoms with E-state index in [2.05, 4.69) is 0 Å². The van der Waals surface area contributed by atoms with Crippen LogP contribution >= 0.6 is 0 Å². The summed E-state index contributed by atoms with van der Waals surface area (Å²) in [6, 6.07) is 16.4. The molecule has 0 N–H and O–H groups in total. The van der Waals surface area contributed by atoms with Crippen molar-refractivity contribution in [1.29, 1.82) is 0 Å². The summed E-state index contributed by atoms with van der Waals surface area (Å²) in [5, 5.41) is 0. The lowest BCUT2D eigenvalue weighted by Gasteiger charge is -2.25. The normalized spacial score (nSPS) is 16.3. The SMILES string of the molecule is COC(=O)/C=C/c1ccc(-c2nc3c(c(=O)n(CC4CCCCC4)c(=O)n3CC3CCCCC3)n2CC(=O)c2ccccc2)cc1. The number of ether oxygens (including phenoxy) is 1. The van der Waals surface area contributed by atoms with E-state index in [1.165, 1.54) is 30.6 Å². The molecular weight excluding hydrogens is 580 g/mol. The van der Waals surface area contributed by atoms with Gasteiger partial charge in [0.25, 0.3) is 5.56 Å². The molecule has 0 spiro atoms. The van der Waals surface area contributed by atoms with Gasteiger partial charge < -0.3 is 9.30 Å². The van der Waals surface area contributed by atoms with E-state index in [1.807, 2.05) is 42.5 Å². The van der Waals surface area contributed by atoms with Crippen molar-refractivity contribution in [2.75, 3.05) is 7.11 Å². The number of Topliss-reactive ketones (excluding diaryl/α,β-unsaturated/α-hetero) is 1. The Labute approximate surface area is 268 Å². The lowest BCUT2D eigenvalue weighted by Crippen LogP contribution is -2.43. The Hall–Kier alpha value is -4.53. The highest BCUT2D eigenvalue weighted by molar-refractivity contribution is 5.97. The minimum absolute atomic E-state index is 0.0971. The third-order valence-electron chi connectivity index (χ3n) is 9.62. The predicted octanol–water partition coefficient (Wildman–Crippen LogP) is 6.26. The number of nitrogens with zero attached hydrogens (tertiary/aromatic N) is 4. The summed E-state index contributed by atoms with van der Waals surface area (Å²) in [7, 11) is 1.33. The van der Waals surface area contributed by atoms with Crippen LogP contribution in [-0.4, -0.2) is 37.5 Å². The Morgan fingerprint density at radius 3 is 2.02 bits per heavy atom. The number of rotatable bonds is 10. The van der Waals surface area contributed by atoms with E-state index in [4.69, 9.17) is 9.72 Å². The van der Waals surface area contributed by atoms with Gasteiger partial charge >= 0.3 is 11.7 Å². The first-order valence-electron chi connectivity index (χ1n) is 16.6. The summed E-state index contributed by atoms with van der Waals surface area (Å²) in [5.74, 6) is 0.447. The summed E-state index contributed by atoms with van der Waals surface area (Å²) in [6.07, 6.45) is 13.9. The third-order valence-corrected chi connectivity index (χ3v) is 9.62. The Morgan fingerprint density at radius 1 is 0.804 bits per heavy atom. The zero-order valence-corrected chi connectivity index (χ0v) is 26.5. The van der Waals surface area contributed by atoms with Crippen LogP contribution in [0.2, 0.25) is 0 Å². The quantitative estimate of drug-likeness (QED) is 0.118. The molecule has 0 aliphatic heterocycles. The van der Waals surface area contributed by atoms with Crippen molar-refractivity contribution in [3.63, 3.8) is 0 Å². The fraction of sp³-hybridized carbons (Fsp3) is 0.432. The van der Waals surface area contributed by atoms with Gasteiger partial charge in [0.05, 0.1) is 13.7 Å². The standard InChI is InChI=1S/C37H42N4O5/c1-46-32(43)22-19-26-17-20-30(21-18-26)34-38-35-33(39(34)25-31(42)29-15-9-4-10-16-29)36(44)41(24-28-13-7-3-8-14-28)37(45)40(35)23-27-11-5-2-6-12-27/h4,9-10,15-22,27-28H,2-3,5-8,11-14,23-25H2,1H3/b22-19+. The van der Waals surface area contributed by atoms with Gasteiger partial charge in [-0.15, -0.1) is 0 Å². The summed E-state index contributed by atoms with van der Waals surface area (Å²) in [4.78, 5) is 58.9. The van der Waals surface area contributed by atoms with Crippen molar-refractivity contribution in [1.82, 2.24) is 18.7 Å². The fourth-order valence-electron chi connectivity index (χ4n) is 7.08. The third kappa shape index (κ3) is 6.83. The predicted molar refractivity (Wildman–Crippen MR) is 179 cm³/mol. The minimum atomic E-state index is -0.453. The Balaban J connectivity index is 1.52. The molecule has 2 fully saturated rings. The molecule has 6 rings (SSSR count). The molecule has 2 aliphatic carbocycles. The molecule has 0 bridgehead atoms. The second kappa shape index (κ2) is 14.3. The maximum absolute atomic E-state index is 14.4. The second-order valence-corrected chi connectivity index (χ2v) is 12.8. The molecule has 2 saturated carbocycles. The average Bonchev–Trinajstić information content (AvgIpc) is 3.47. The maximum atomic E-state index is 14.4. The molecule has 0 radical (unpaired) electrons. The number of imidazole rings is 1. The first kappa shape index (κ1) is 31.5. The Morgan fingerprint density at radius 2 is 1.41 bits per heavy atom. The topological polar surface area (TPSA) is 105 Å². The largest absolute Gasteiger partial charge is 0.466 e. The number of hydrogen-bond acceptors (Lipinski definition) is 6. The van der Waals surface area contributed by atoms with Crippen LogP contribution in [0.25, 0.3) is 28.6 Å². The van der Waals surface area contributed by atoms with Crippen LogP contribution in [0.3, 0.4) is 0 Å². The molecule has 46 heavy (non-hydrogen) atoms. The maximum Gasteiger partial charge on any atom is 0.332 e. The molecule has 2 heterocycles. The molecule has 9 nitrogen and oxygen atoms in total. The molecule has 0 saturated heterocycles. The van der Waals surface area contributed by atoms with Crippen molar-refractivity contribution in [3.8, 4) is 11.4 Å². The van der Waals surface area contributed by atoms with Gasteiger partial charge in [0.2, 0.25) is 0 Å². The molecule has 0 atom stereocenters. The van der Waals surface area contributed by atoms with Crippen LogP contribution < -0.4 is 11.2 Å². The van der Waals surface area contributed by atoms with Crippen LogP contribution in [0.15, 0.2) is 70.3 Å². The molecule has 2 aliphatic rings. The van der Waals surface area contributed by atoms with Gasteiger partial charge in [0.15, 0.2) is 16.9 Å². The zero-order valence-electron chi connectivity index (χ0n) is 26.5. The first-order chi connectivity index (χ1) is 22.4. The first-order valence-corrected chi connectivity index (χ1v) is 16.6. The van der Waals surface area contributed by atoms with E-state index in [0.29, 0.717) is 47.1 Å². The Kier molecular flexibility index (Phi) is 9.76. The van der Waals surface area contributed by atoms with Gasteiger partial charge in [0, 0.05) is 30.3 Å². The molecule has 9 heteroatoms. The van der Waals surface area contributed by atoms with Gasteiger partial charge in [-0.05, 0) is 49.2 Å². The van der Waals surface area contributed by atoms with Gasteiger partial charge in [-0.2, -0.15) is 0 Å². The van der Waals surface area contributed by atoms with Crippen molar-refractivity contribution in [2.45, 2.75) is 83.8 Å². The summed E-state index contributed by atoms with van der Waals surface area (Å²) >= 11 is 0. The molecular formula is C37H42N4O5. The monoisotopic (exact) mass is 622 g/mol. The highest BCUT2D eigenvalue weighted by atomic mass is 16.5. The van der Waals surface area contributed by atoms with Crippen molar-refractivity contribution >= 4 is 29.0 Å². The number of fused-ring (bicyclic) bond motifs is 1. The van der Waals surface area contributed by atoms with Crippen molar-refractivity contribution in [3.05, 3.63) is 92.6 Å². The van der Waals surface area contributed by atoms with E-state index in [1.54, 1.807) is 27.3 Å². The van der Waals surface area contributed by atoms with E-state index in [9.17, 15) is 19.2 Å². The van der Waals surface area contributed by atoms with Crippen LogP contribution in [0.5, 0.6) is 0 Å². The summed E-state index contributed by atoms with van der Waals surface area (Å²) in [6.45, 7) is 0.785. The number of benzene rings is 2. The number of carbonyl (C=O) groups excluding carboxylic acids is 2. The highest BCUT2D eigenvalue weighted by Gasteiger charge is 2.27. The highest BCUT2D eigenvalue weighted by Crippen LogP contribution is 2.29. The fourth-order valence-corrected chi connectivity index (χ4v) is 7.08. The average molecular weight is 623 g/mol. The molecule has 4 aromatic rings. The van der Waals surface area contributed by atoms with E-state index in [0.717, 1.165) is 56.9 Å². The van der Waals surface area contributed by atoms with E-state index in [-0.39, 0.29) is 29.5 Å². The summed E-state index contributed by atoms with van der Waals surface area (Å²) in [5.41, 5.74) is 1.96. The van der Waals surface area contributed by atoms with Crippen LogP contribution in [-0.2, 0) is 29.2 Å². The number of carbonyl (C=O) groups is 2. The van der Waals surface area contributed by atoms with E-state index < -0.39 is 5.97 Å². The number of ketones is 1. The zero-order chi connectivity index (χ0) is 32.0. The van der Waals surface area contributed by atoms with Gasteiger partial charge in [-0.25, -0.2) is 14.6 Å². The second-order valence-electron chi connectivity index (χ2n) is 12.8. The lowest BCUT2D eigenvalue weighted by molar-refractivity contribution is -0.134. The van der Waals surface area contributed by atoms with Gasteiger partial charge in [0.1, 0.15) is 5.82 Å². The van der Waals surface area contributed by atoms with Gasteiger partial charge in [-0.1, -0.05) is 93.1 Å². The van der Waals surface area contributed by atoms with Crippen LogP contribution in [0.4, 0.5) is 0 Å². The summed E-state index contributed by atoms with van der Waals surface area (Å²) < 4.78 is 9.56. The smallest absolute Gasteiger partial charge is 0.332 e. The molecule has 2 aromatic carbocycles. The Bertz CT molecular complexity index is 1840. The van der Waals surface area contributed by atoms with E-state index >= 15 is 0 Å². The van der Waals surface area contributed by atoms with Crippen LogP contribution in [0, 0.1) is 11.8 Å². The van der Waals surface area contributed by atoms with Crippen LogP contribution in [0.1, 0.15) is 80.1 Å². The number of methoxy groups -OCH3 is 1. The number of esters is 1. The van der Waals surface area contributed by atoms with Gasteiger partial charge in [-0.3, -0.25) is 18.7 Å². The number of hydrogen-bond donors (Lipinski definition) is 0. The molecule has 240 valence electrons. The lowest BCUT2D eigenvalue weighted by atomic mass is 9.89. The molecule has 0 unspecified atom stereocenters. The molecule has 0 amide bonds. The number of aromatic nitrogens is 4. The van der Waals surface area contributed by atoms with Crippen molar-refractivity contribution < 1.29 is 14.3 Å².